The molecule has 0 aromatic heterocycles. The zero-order valence-corrected chi connectivity index (χ0v) is 16.9. The van der Waals surface area contributed by atoms with Gasteiger partial charge in [0.1, 0.15) is 0 Å². The van der Waals surface area contributed by atoms with Crippen molar-refractivity contribution in [2.24, 2.45) is 10.8 Å². The Labute approximate surface area is 154 Å². The minimum absolute atomic E-state index is 0.160. The monoisotopic (exact) mass is 334 g/mol. The van der Waals surface area contributed by atoms with E-state index in [0.717, 1.165) is 0 Å². The number of fused-ring (bicyclic) bond motifs is 1. The summed E-state index contributed by atoms with van der Waals surface area (Å²) in [7, 11) is 0. The van der Waals surface area contributed by atoms with Gasteiger partial charge in [0.25, 0.3) is 0 Å². The molecule has 1 aromatic rings. The summed E-state index contributed by atoms with van der Waals surface area (Å²) >= 11 is 0. The molecule has 0 saturated heterocycles. The summed E-state index contributed by atoms with van der Waals surface area (Å²) in [5, 5.41) is 0. The second kappa shape index (κ2) is 6.63. The maximum absolute atomic E-state index is 2.57. The Morgan fingerprint density at radius 3 is 2.40 bits per heavy atom. The Bertz CT molecular complexity index is 732. The van der Waals surface area contributed by atoms with E-state index in [2.05, 4.69) is 84.0 Å². The quantitative estimate of drug-likeness (QED) is 0.518. The first-order valence-corrected chi connectivity index (χ1v) is 9.96. The van der Waals surface area contributed by atoms with E-state index >= 15 is 0 Å². The summed E-state index contributed by atoms with van der Waals surface area (Å²) in [5.41, 5.74) is 8.06. The van der Waals surface area contributed by atoms with Gasteiger partial charge in [0.05, 0.1) is 0 Å². The predicted molar refractivity (Wildman–Crippen MR) is 111 cm³/mol. The van der Waals surface area contributed by atoms with E-state index in [9.17, 15) is 0 Å². The van der Waals surface area contributed by atoms with E-state index < -0.39 is 0 Å². The predicted octanol–water partition coefficient (Wildman–Crippen LogP) is 7.69. The fourth-order valence-electron chi connectivity index (χ4n) is 4.41. The van der Waals surface area contributed by atoms with E-state index in [-0.39, 0.29) is 10.8 Å². The van der Waals surface area contributed by atoms with Crippen molar-refractivity contribution < 1.29 is 0 Å². The maximum atomic E-state index is 2.57. The highest BCUT2D eigenvalue weighted by Crippen LogP contribution is 2.54. The van der Waals surface area contributed by atoms with E-state index in [1.807, 2.05) is 0 Å². The van der Waals surface area contributed by atoms with E-state index in [1.165, 1.54) is 42.4 Å². The van der Waals surface area contributed by atoms with Crippen molar-refractivity contribution in [3.05, 3.63) is 64.8 Å². The van der Waals surface area contributed by atoms with Crippen molar-refractivity contribution in [2.45, 2.75) is 73.1 Å². The lowest BCUT2D eigenvalue weighted by molar-refractivity contribution is 0.392. The van der Waals surface area contributed by atoms with Crippen LogP contribution in [0.1, 0.15) is 84.3 Å². The summed E-state index contributed by atoms with van der Waals surface area (Å²) in [6.07, 6.45) is 12.4. The van der Waals surface area contributed by atoms with E-state index in [1.54, 1.807) is 11.1 Å². The number of unbranched alkanes of at least 4 members (excludes halogenated alkanes) is 1. The lowest BCUT2D eigenvalue weighted by atomic mass is 9.70. The topological polar surface area (TPSA) is 0 Å². The fraction of sp³-hybridized carbons (Fsp3) is 0.520. The molecule has 0 spiro atoms. The van der Waals surface area contributed by atoms with Gasteiger partial charge < -0.3 is 0 Å². The van der Waals surface area contributed by atoms with Gasteiger partial charge in [-0.1, -0.05) is 102 Å². The Balaban J connectivity index is 1.90. The molecule has 0 N–H and O–H groups in total. The second-order valence-corrected chi connectivity index (χ2v) is 9.41. The molecule has 0 aliphatic heterocycles. The molecule has 1 atom stereocenters. The highest BCUT2D eigenvalue weighted by atomic mass is 14.4. The molecule has 2 aliphatic carbocycles. The average Bonchev–Trinajstić information content (AvgIpc) is 3.17. The first kappa shape index (κ1) is 18.2. The third-order valence-electron chi connectivity index (χ3n) is 6.12. The lowest BCUT2D eigenvalue weighted by Gasteiger charge is -2.34. The van der Waals surface area contributed by atoms with Gasteiger partial charge in [-0.15, -0.1) is 0 Å². The number of hydrogen-bond acceptors (Lipinski definition) is 0. The first-order valence-electron chi connectivity index (χ1n) is 9.96. The second-order valence-electron chi connectivity index (χ2n) is 9.41. The molecular formula is C25H34. The van der Waals surface area contributed by atoms with Crippen molar-refractivity contribution in [3.63, 3.8) is 0 Å². The van der Waals surface area contributed by atoms with Crippen LogP contribution in [0.2, 0.25) is 0 Å². The van der Waals surface area contributed by atoms with Gasteiger partial charge in [-0.2, -0.15) is 0 Å². The van der Waals surface area contributed by atoms with Gasteiger partial charge in [0.2, 0.25) is 0 Å². The van der Waals surface area contributed by atoms with Gasteiger partial charge in [-0.05, 0) is 46.8 Å². The van der Waals surface area contributed by atoms with Crippen molar-refractivity contribution >= 4 is 5.57 Å². The van der Waals surface area contributed by atoms with Gasteiger partial charge in [-0.25, -0.2) is 0 Å². The number of hydrogen-bond donors (Lipinski definition) is 0. The number of allylic oxidation sites excluding steroid dienone is 6. The van der Waals surface area contributed by atoms with Crippen LogP contribution in [0.3, 0.4) is 0 Å². The Hall–Kier alpha value is -1.56. The molecule has 25 heavy (non-hydrogen) atoms. The Morgan fingerprint density at radius 2 is 1.72 bits per heavy atom. The largest absolute Gasteiger partial charge is 0.0718 e. The molecule has 2 aliphatic rings. The zero-order chi connectivity index (χ0) is 18.2. The highest BCUT2D eigenvalue weighted by molar-refractivity contribution is 5.78. The molecule has 0 heterocycles. The third-order valence-corrected chi connectivity index (χ3v) is 6.12. The molecule has 0 heteroatoms. The third kappa shape index (κ3) is 3.41. The summed E-state index contributed by atoms with van der Waals surface area (Å²) in [5.74, 6) is 0.475. The first-order chi connectivity index (χ1) is 11.7. The lowest BCUT2D eigenvalue weighted by Crippen LogP contribution is -2.22. The van der Waals surface area contributed by atoms with Crippen LogP contribution in [0.5, 0.6) is 0 Å². The summed E-state index contributed by atoms with van der Waals surface area (Å²) in [6.45, 7) is 14.2. The fourth-order valence-corrected chi connectivity index (χ4v) is 4.41. The molecule has 3 rings (SSSR count). The molecule has 1 aromatic carbocycles. The van der Waals surface area contributed by atoms with Crippen LogP contribution in [0.15, 0.2) is 53.6 Å². The van der Waals surface area contributed by atoms with Gasteiger partial charge in [0.15, 0.2) is 0 Å². The van der Waals surface area contributed by atoms with Crippen molar-refractivity contribution in [1.29, 1.82) is 0 Å². The van der Waals surface area contributed by atoms with E-state index in [4.69, 9.17) is 0 Å². The van der Waals surface area contributed by atoms with Gasteiger partial charge >= 0.3 is 0 Å². The van der Waals surface area contributed by atoms with Crippen molar-refractivity contribution in [2.75, 3.05) is 0 Å². The van der Waals surface area contributed by atoms with E-state index in [0.29, 0.717) is 5.92 Å². The number of rotatable bonds is 5. The molecule has 0 saturated carbocycles. The molecule has 0 radical (unpaired) electrons. The molecule has 0 nitrogen and oxygen atoms in total. The highest BCUT2D eigenvalue weighted by Gasteiger charge is 2.40. The average molecular weight is 335 g/mol. The number of benzene rings is 1. The molecule has 0 fully saturated rings. The van der Waals surface area contributed by atoms with Crippen molar-refractivity contribution in [1.82, 2.24) is 0 Å². The zero-order valence-electron chi connectivity index (χ0n) is 16.9. The maximum Gasteiger partial charge on any atom is 0.0119 e. The van der Waals surface area contributed by atoms with Crippen LogP contribution < -0.4 is 0 Å². The summed E-state index contributed by atoms with van der Waals surface area (Å²) < 4.78 is 0. The Kier molecular flexibility index (Phi) is 4.84. The standard InChI is InChI=1S/C25H34/c1-7-8-11-18-14-15-19(16-18)25(5,6)23-17-22(24(2,3)4)20-12-9-10-13-21(20)23/h9-10,12-15,17,23H,7-8,11,16H2,1-6H3. The normalized spacial score (nSPS) is 20.2. The summed E-state index contributed by atoms with van der Waals surface area (Å²) in [4.78, 5) is 0. The van der Waals surface area contributed by atoms with Crippen LogP contribution in [0.25, 0.3) is 5.57 Å². The van der Waals surface area contributed by atoms with Crippen LogP contribution >= 0.6 is 0 Å². The minimum atomic E-state index is 0.160. The van der Waals surface area contributed by atoms with Gasteiger partial charge in [-0.3, -0.25) is 0 Å². The Morgan fingerprint density at radius 1 is 1.00 bits per heavy atom. The van der Waals surface area contributed by atoms with Crippen LogP contribution in [0, 0.1) is 10.8 Å². The van der Waals surface area contributed by atoms with Crippen LogP contribution in [-0.2, 0) is 0 Å². The SMILES string of the molecule is CCCCC1=CC=C(C(C)(C)C2C=C(C(C)(C)C)c3ccccc32)C1. The smallest absolute Gasteiger partial charge is 0.0119 e. The minimum Gasteiger partial charge on any atom is -0.0718 e. The van der Waals surface area contributed by atoms with Crippen LogP contribution in [0.4, 0.5) is 0 Å². The van der Waals surface area contributed by atoms with Crippen LogP contribution in [-0.4, -0.2) is 0 Å². The molecule has 1 unspecified atom stereocenters. The summed E-state index contributed by atoms with van der Waals surface area (Å²) in [6, 6.07) is 9.05. The van der Waals surface area contributed by atoms with Crippen molar-refractivity contribution in [3.8, 4) is 0 Å². The molecule has 134 valence electrons. The molecular weight excluding hydrogens is 300 g/mol. The molecule has 0 amide bonds. The van der Waals surface area contributed by atoms with Gasteiger partial charge in [0, 0.05) is 5.92 Å². The molecule has 0 bridgehead atoms.